The van der Waals surface area contributed by atoms with Gasteiger partial charge in [0.15, 0.2) is 0 Å². The Morgan fingerprint density at radius 3 is 2.80 bits per heavy atom. The fourth-order valence-electron chi connectivity index (χ4n) is 2.50. The van der Waals surface area contributed by atoms with Crippen molar-refractivity contribution in [2.45, 2.75) is 26.2 Å². The van der Waals surface area contributed by atoms with E-state index in [0.717, 1.165) is 24.6 Å². The molecule has 0 bridgehead atoms. The number of para-hydroxylation sites is 1. The van der Waals surface area contributed by atoms with E-state index in [1.807, 2.05) is 6.07 Å². The molecule has 0 fully saturated rings. The average molecular weight is 269 g/mol. The summed E-state index contributed by atoms with van der Waals surface area (Å²) in [7, 11) is 0. The van der Waals surface area contributed by atoms with Crippen LogP contribution in [-0.4, -0.2) is 16.5 Å². The summed E-state index contributed by atoms with van der Waals surface area (Å²) in [5.41, 5.74) is 5.22. The highest BCUT2D eigenvalue weighted by Crippen LogP contribution is 2.34. The van der Waals surface area contributed by atoms with E-state index in [-0.39, 0.29) is 5.92 Å². The van der Waals surface area contributed by atoms with E-state index in [9.17, 15) is 0 Å². The number of hydrogen-bond acceptors (Lipinski definition) is 5. The van der Waals surface area contributed by atoms with Crippen LogP contribution in [0.1, 0.15) is 31.2 Å². The van der Waals surface area contributed by atoms with Gasteiger partial charge in [-0.15, -0.1) is 0 Å². The van der Waals surface area contributed by atoms with Crippen LogP contribution >= 0.6 is 0 Å². The van der Waals surface area contributed by atoms with Gasteiger partial charge < -0.3 is 10.3 Å². The van der Waals surface area contributed by atoms with E-state index in [0.29, 0.717) is 5.82 Å². The fraction of sp³-hybridized carbons (Fsp3) is 0.333. The lowest BCUT2D eigenvalue weighted by atomic mass is 10.2. The fourth-order valence-corrected chi connectivity index (χ4v) is 2.50. The first-order chi connectivity index (χ1) is 9.69. The van der Waals surface area contributed by atoms with Gasteiger partial charge >= 0.3 is 0 Å². The van der Waals surface area contributed by atoms with Gasteiger partial charge in [0.05, 0.1) is 0 Å². The van der Waals surface area contributed by atoms with Gasteiger partial charge in [-0.25, -0.2) is 15.8 Å². The molecule has 0 aliphatic carbocycles. The molecule has 2 heterocycles. The molecule has 3 N–H and O–H groups in total. The molecule has 104 valence electrons. The van der Waals surface area contributed by atoms with Crippen LogP contribution in [0.4, 0.5) is 17.3 Å². The zero-order valence-electron chi connectivity index (χ0n) is 11.8. The van der Waals surface area contributed by atoms with Gasteiger partial charge in [-0.3, -0.25) is 0 Å². The van der Waals surface area contributed by atoms with Gasteiger partial charge in [-0.2, -0.15) is 0 Å². The number of nitrogens with one attached hydrogen (secondary N) is 1. The summed E-state index contributed by atoms with van der Waals surface area (Å²) < 4.78 is 0. The number of fused-ring (bicyclic) bond motifs is 1. The SMILES string of the molecule is CC(C)c1nc(NN)cc(N2CCc3ccccc32)n1. The minimum atomic E-state index is 0.264. The van der Waals surface area contributed by atoms with E-state index in [1.165, 1.54) is 11.3 Å². The lowest BCUT2D eigenvalue weighted by molar-refractivity contribution is 0.770. The van der Waals surface area contributed by atoms with E-state index >= 15 is 0 Å². The Bertz CT molecular complexity index is 623. The first kappa shape index (κ1) is 12.9. The second kappa shape index (κ2) is 5.09. The van der Waals surface area contributed by atoms with Gasteiger partial charge in [0.2, 0.25) is 0 Å². The third-order valence-corrected chi connectivity index (χ3v) is 3.56. The largest absolute Gasteiger partial charge is 0.326 e. The van der Waals surface area contributed by atoms with Crippen LogP contribution in [-0.2, 0) is 6.42 Å². The standard InChI is InChI=1S/C15H19N5/c1-10(2)15-17-13(19-16)9-14(18-15)20-8-7-11-5-3-4-6-12(11)20/h3-6,9-10H,7-8,16H2,1-2H3,(H,17,18,19). The van der Waals surface area contributed by atoms with Crippen molar-refractivity contribution in [2.75, 3.05) is 16.9 Å². The minimum Gasteiger partial charge on any atom is -0.326 e. The zero-order chi connectivity index (χ0) is 14.1. The van der Waals surface area contributed by atoms with Crippen LogP contribution in [0, 0.1) is 0 Å². The van der Waals surface area contributed by atoms with Gasteiger partial charge in [0.25, 0.3) is 0 Å². The number of nitrogens with zero attached hydrogens (tertiary/aromatic N) is 3. The zero-order valence-corrected chi connectivity index (χ0v) is 11.8. The summed E-state index contributed by atoms with van der Waals surface area (Å²) in [6.45, 7) is 5.10. The van der Waals surface area contributed by atoms with Crippen molar-refractivity contribution in [2.24, 2.45) is 5.84 Å². The molecule has 1 aliphatic heterocycles. The molecule has 0 saturated carbocycles. The lowest BCUT2D eigenvalue weighted by Gasteiger charge is -2.20. The van der Waals surface area contributed by atoms with E-state index in [2.05, 4.69) is 58.4 Å². The monoisotopic (exact) mass is 269 g/mol. The Morgan fingerprint density at radius 1 is 1.25 bits per heavy atom. The van der Waals surface area contributed by atoms with Crippen molar-refractivity contribution in [3.63, 3.8) is 0 Å². The number of rotatable bonds is 3. The molecule has 0 unspecified atom stereocenters. The molecular weight excluding hydrogens is 250 g/mol. The van der Waals surface area contributed by atoms with Gasteiger partial charge in [-0.05, 0) is 18.1 Å². The third kappa shape index (κ3) is 2.20. The molecule has 0 spiro atoms. The molecule has 0 amide bonds. The normalized spacial score (nSPS) is 13.7. The molecule has 3 rings (SSSR count). The number of hydrogen-bond donors (Lipinski definition) is 2. The molecule has 1 aliphatic rings. The molecule has 0 saturated heterocycles. The summed E-state index contributed by atoms with van der Waals surface area (Å²) in [4.78, 5) is 11.3. The van der Waals surface area contributed by atoms with Gasteiger partial charge in [0, 0.05) is 24.2 Å². The first-order valence-corrected chi connectivity index (χ1v) is 6.90. The highest BCUT2D eigenvalue weighted by atomic mass is 15.3. The van der Waals surface area contributed by atoms with Crippen LogP contribution in [0.5, 0.6) is 0 Å². The smallest absolute Gasteiger partial charge is 0.145 e. The maximum atomic E-state index is 5.52. The summed E-state index contributed by atoms with van der Waals surface area (Å²) in [5, 5.41) is 0. The Labute approximate surface area is 118 Å². The average Bonchev–Trinajstić information content (AvgIpc) is 2.90. The summed E-state index contributed by atoms with van der Waals surface area (Å²) >= 11 is 0. The van der Waals surface area contributed by atoms with Crippen molar-refractivity contribution in [1.82, 2.24) is 9.97 Å². The van der Waals surface area contributed by atoms with Crippen molar-refractivity contribution in [3.8, 4) is 0 Å². The van der Waals surface area contributed by atoms with Crippen LogP contribution < -0.4 is 16.2 Å². The highest BCUT2D eigenvalue weighted by molar-refractivity contribution is 5.68. The van der Waals surface area contributed by atoms with Crippen LogP contribution in [0.15, 0.2) is 30.3 Å². The third-order valence-electron chi connectivity index (χ3n) is 3.56. The summed E-state index contributed by atoms with van der Waals surface area (Å²) in [6, 6.07) is 10.3. The first-order valence-electron chi connectivity index (χ1n) is 6.90. The summed E-state index contributed by atoms with van der Waals surface area (Å²) in [6.07, 6.45) is 1.04. The molecule has 1 aromatic carbocycles. The quantitative estimate of drug-likeness (QED) is 0.662. The molecule has 0 radical (unpaired) electrons. The van der Waals surface area contributed by atoms with E-state index in [1.54, 1.807) is 0 Å². The van der Waals surface area contributed by atoms with Crippen molar-refractivity contribution < 1.29 is 0 Å². The van der Waals surface area contributed by atoms with Crippen LogP contribution in [0.3, 0.4) is 0 Å². The second-order valence-corrected chi connectivity index (χ2v) is 5.30. The highest BCUT2D eigenvalue weighted by Gasteiger charge is 2.22. The van der Waals surface area contributed by atoms with Gasteiger partial charge in [0.1, 0.15) is 17.5 Å². The van der Waals surface area contributed by atoms with Gasteiger partial charge in [-0.1, -0.05) is 32.0 Å². The van der Waals surface area contributed by atoms with Crippen LogP contribution in [0.25, 0.3) is 0 Å². The predicted octanol–water partition coefficient (Wildman–Crippen LogP) is 2.58. The van der Waals surface area contributed by atoms with Crippen molar-refractivity contribution in [1.29, 1.82) is 0 Å². The minimum absolute atomic E-state index is 0.264. The molecule has 5 nitrogen and oxygen atoms in total. The number of anilines is 3. The molecule has 2 aromatic rings. The summed E-state index contributed by atoms with van der Waals surface area (Å²) in [5.74, 6) is 8.15. The molecule has 0 atom stereocenters. The van der Waals surface area contributed by atoms with Crippen molar-refractivity contribution in [3.05, 3.63) is 41.7 Å². The number of hydrazine groups is 1. The maximum Gasteiger partial charge on any atom is 0.145 e. The van der Waals surface area contributed by atoms with Crippen LogP contribution in [0.2, 0.25) is 0 Å². The number of aromatic nitrogens is 2. The Morgan fingerprint density at radius 2 is 2.05 bits per heavy atom. The molecule has 5 heteroatoms. The Kier molecular flexibility index (Phi) is 3.28. The Hall–Kier alpha value is -2.14. The van der Waals surface area contributed by atoms with E-state index < -0.39 is 0 Å². The second-order valence-electron chi connectivity index (χ2n) is 5.30. The van der Waals surface area contributed by atoms with Crippen molar-refractivity contribution >= 4 is 17.3 Å². The molecule has 20 heavy (non-hydrogen) atoms. The molecular formula is C15H19N5. The lowest BCUT2D eigenvalue weighted by Crippen LogP contribution is -2.18. The number of benzene rings is 1. The predicted molar refractivity (Wildman–Crippen MR) is 81.1 cm³/mol. The number of nitrogen functional groups attached to an aromatic ring is 1. The Balaban J connectivity index is 2.05. The topological polar surface area (TPSA) is 67.1 Å². The van der Waals surface area contributed by atoms with E-state index in [4.69, 9.17) is 5.84 Å². The molecule has 1 aromatic heterocycles. The number of nitrogens with two attached hydrogens (primary N) is 1. The maximum absolute atomic E-state index is 5.52.